The lowest BCUT2D eigenvalue weighted by atomic mass is 9.93. The van der Waals surface area contributed by atoms with Gasteiger partial charge in [0.05, 0.1) is 27.3 Å². The van der Waals surface area contributed by atoms with Crippen LogP contribution in [-0.4, -0.2) is 49.1 Å². The summed E-state index contributed by atoms with van der Waals surface area (Å²) in [6.07, 6.45) is -0.531. The van der Waals surface area contributed by atoms with E-state index in [0.29, 0.717) is 5.69 Å². The van der Waals surface area contributed by atoms with E-state index in [0.717, 1.165) is 4.31 Å². The van der Waals surface area contributed by atoms with Crippen molar-refractivity contribution in [2.75, 3.05) is 18.4 Å². The first-order valence-electron chi connectivity index (χ1n) is 9.28. The van der Waals surface area contributed by atoms with Gasteiger partial charge in [-0.25, -0.2) is 13.9 Å². The minimum absolute atomic E-state index is 0.0607. The number of benzene rings is 1. The molecule has 0 atom stereocenters. The minimum atomic E-state index is -4.08. The molecule has 0 spiro atoms. The molecule has 0 aromatic heterocycles. The summed E-state index contributed by atoms with van der Waals surface area (Å²) < 4.78 is 50.4. The van der Waals surface area contributed by atoms with Crippen molar-refractivity contribution in [3.8, 4) is 0 Å². The van der Waals surface area contributed by atoms with Gasteiger partial charge < -0.3 is 10.1 Å². The van der Waals surface area contributed by atoms with Gasteiger partial charge in [0.2, 0.25) is 5.78 Å². The van der Waals surface area contributed by atoms with Gasteiger partial charge in [-0.3, -0.25) is 4.79 Å². The quantitative estimate of drug-likeness (QED) is 0.290. The van der Waals surface area contributed by atoms with E-state index in [2.05, 4.69) is 24.5 Å². The number of nitrogens with one attached hydrogen (secondary N) is 2. The van der Waals surface area contributed by atoms with Crippen molar-refractivity contribution in [2.24, 2.45) is 9.12 Å². The third-order valence-corrected chi connectivity index (χ3v) is 6.84. The fourth-order valence-electron chi connectivity index (χ4n) is 2.86. The van der Waals surface area contributed by atoms with Gasteiger partial charge in [-0.2, -0.15) is 15.9 Å². The summed E-state index contributed by atoms with van der Waals surface area (Å²) in [6.45, 7) is 5.00. The predicted molar refractivity (Wildman–Crippen MR) is 127 cm³/mol. The molecule has 0 radical (unpaired) electrons. The van der Waals surface area contributed by atoms with Gasteiger partial charge in [-0.15, -0.1) is 0 Å². The van der Waals surface area contributed by atoms with Crippen LogP contribution in [-0.2, 0) is 19.7 Å². The second-order valence-electron chi connectivity index (χ2n) is 7.83. The van der Waals surface area contributed by atoms with Crippen molar-refractivity contribution < 1.29 is 27.1 Å². The number of rotatable bonds is 5. The predicted octanol–water partition coefficient (Wildman–Crippen LogP) is 3.80. The fraction of sp³-hybridized carbons (Fsp3) is 0.500. The Hall–Kier alpha value is -1.32. The maximum atomic E-state index is 13.4. The lowest BCUT2D eigenvalue weighted by Crippen LogP contribution is -2.49. The Kier molecular flexibility index (Phi) is 8.81. The molecule has 1 aliphatic rings. The third kappa shape index (κ3) is 7.64. The van der Waals surface area contributed by atoms with Gasteiger partial charge in [0.15, 0.2) is 5.84 Å². The van der Waals surface area contributed by atoms with Crippen LogP contribution in [0.4, 0.5) is 14.9 Å². The second kappa shape index (κ2) is 10.5. The minimum Gasteiger partial charge on any atom is -0.443 e. The number of Topliss-reactive ketones (excluding diaryl/α,β-unsaturated/α-hetero) is 1. The van der Waals surface area contributed by atoms with Crippen molar-refractivity contribution >= 4 is 72.4 Å². The van der Waals surface area contributed by atoms with Crippen molar-refractivity contribution in [3.63, 3.8) is 0 Å². The van der Waals surface area contributed by atoms with Crippen molar-refractivity contribution in [1.29, 1.82) is 0 Å². The first kappa shape index (κ1) is 25.9. The molecule has 1 aromatic rings. The number of ketones is 1. The molecule has 9 nitrogen and oxygen atoms in total. The fourth-order valence-corrected chi connectivity index (χ4v) is 4.67. The molecule has 31 heavy (non-hydrogen) atoms. The molecule has 2 N–H and O–H groups in total. The van der Waals surface area contributed by atoms with Crippen LogP contribution >= 0.6 is 38.8 Å². The van der Waals surface area contributed by atoms with E-state index in [-0.39, 0.29) is 42.0 Å². The summed E-state index contributed by atoms with van der Waals surface area (Å²) in [6, 6.07) is 4.22. The molecule has 0 saturated carbocycles. The zero-order chi connectivity index (χ0) is 23.4. The van der Waals surface area contributed by atoms with Crippen LogP contribution in [0.2, 0.25) is 0 Å². The zero-order valence-corrected chi connectivity index (χ0v) is 21.7. The molecule has 1 heterocycles. The molecular formula is C18H23BrFIN4O5S. The van der Waals surface area contributed by atoms with Crippen LogP contribution in [0.15, 0.2) is 25.9 Å². The average molecular weight is 633 g/mol. The number of piperidine rings is 1. The van der Waals surface area contributed by atoms with E-state index >= 15 is 0 Å². The number of amidine groups is 1. The molecule has 172 valence electrons. The normalized spacial score (nSPS) is 16.6. The first-order valence-corrected chi connectivity index (χ1v) is 12.5. The zero-order valence-electron chi connectivity index (χ0n) is 17.1. The van der Waals surface area contributed by atoms with Crippen LogP contribution in [0, 0.1) is 11.7 Å². The van der Waals surface area contributed by atoms with Crippen molar-refractivity contribution in [1.82, 2.24) is 9.03 Å². The number of hydrogen-bond acceptors (Lipinski definition) is 6. The van der Waals surface area contributed by atoms with Crippen LogP contribution < -0.4 is 10.0 Å². The van der Waals surface area contributed by atoms with Gasteiger partial charge in [0, 0.05) is 24.7 Å². The molecule has 0 unspecified atom stereocenters. The molecule has 1 fully saturated rings. The maximum absolute atomic E-state index is 13.4. The molecule has 1 aliphatic heterocycles. The number of hydrogen-bond donors (Lipinski definition) is 2. The standard InChI is InChI=1S/C18H23BrFIN4O5S/c1-18(2,3)30-17(27)24-31(28,29)25-8-6-11(7-9-25)15(26)16(23-21)22-12-4-5-14(20)13(19)10-12/h4-5,10-11H,6-9H2,1-3H3,(H,22,23)(H,24,27). The van der Waals surface area contributed by atoms with E-state index in [1.165, 1.54) is 18.2 Å². The molecular weight excluding hydrogens is 610 g/mol. The summed E-state index contributed by atoms with van der Waals surface area (Å²) in [4.78, 5) is 24.6. The highest BCUT2D eigenvalue weighted by Crippen LogP contribution is 2.23. The lowest BCUT2D eigenvalue weighted by molar-refractivity contribution is -0.117. The van der Waals surface area contributed by atoms with Gasteiger partial charge in [-0.05, 0) is 67.7 Å². The number of carbonyl (C=O) groups excluding carboxylic acids is 2. The number of nitrogens with zero attached hydrogens (tertiary/aromatic N) is 2. The Bertz CT molecular complexity index is 976. The van der Waals surface area contributed by atoms with E-state index in [1.807, 2.05) is 4.72 Å². The Morgan fingerprint density at radius 1 is 1.29 bits per heavy atom. The van der Waals surface area contributed by atoms with Crippen molar-refractivity contribution in [3.05, 3.63) is 28.5 Å². The van der Waals surface area contributed by atoms with Gasteiger partial charge in [-0.1, -0.05) is 0 Å². The molecule has 0 bridgehead atoms. The molecule has 1 amide bonds. The van der Waals surface area contributed by atoms with Gasteiger partial charge >= 0.3 is 16.3 Å². The monoisotopic (exact) mass is 632 g/mol. The average Bonchev–Trinajstić information content (AvgIpc) is 2.66. The smallest absolute Gasteiger partial charge is 0.422 e. The highest BCUT2D eigenvalue weighted by Gasteiger charge is 2.34. The number of amides is 1. The maximum Gasteiger partial charge on any atom is 0.422 e. The Balaban J connectivity index is 1.96. The summed E-state index contributed by atoms with van der Waals surface area (Å²) >= 11 is 4.78. The van der Waals surface area contributed by atoms with Gasteiger partial charge in [0.25, 0.3) is 0 Å². The number of carbonyl (C=O) groups is 2. The Morgan fingerprint density at radius 3 is 2.42 bits per heavy atom. The largest absolute Gasteiger partial charge is 0.443 e. The summed E-state index contributed by atoms with van der Waals surface area (Å²) in [7, 11) is -4.08. The van der Waals surface area contributed by atoms with E-state index in [9.17, 15) is 22.4 Å². The summed E-state index contributed by atoms with van der Waals surface area (Å²) in [5.41, 5.74) is -0.347. The molecule has 13 heteroatoms. The van der Waals surface area contributed by atoms with E-state index < -0.39 is 33.6 Å². The lowest BCUT2D eigenvalue weighted by Gasteiger charge is -2.30. The number of ether oxygens (including phenoxy) is 1. The molecule has 1 saturated heterocycles. The number of anilines is 1. The van der Waals surface area contributed by atoms with E-state index in [1.54, 1.807) is 43.6 Å². The first-order chi connectivity index (χ1) is 14.3. The second-order valence-corrected chi connectivity index (χ2v) is 10.8. The third-order valence-electron chi connectivity index (χ3n) is 4.28. The molecule has 0 aliphatic carbocycles. The van der Waals surface area contributed by atoms with Crippen molar-refractivity contribution in [2.45, 2.75) is 39.2 Å². The molecule has 2 rings (SSSR count). The molecule has 1 aromatic carbocycles. The Morgan fingerprint density at radius 2 is 1.90 bits per heavy atom. The topological polar surface area (TPSA) is 117 Å². The van der Waals surface area contributed by atoms with Crippen LogP contribution in [0.3, 0.4) is 0 Å². The number of halogens is 3. The SMILES string of the molecule is CC(C)(C)OC(=O)NS(=O)(=O)N1CCC(C(=O)/C(=N/I)Nc2ccc(F)c(Br)c2)CC1. The highest BCUT2D eigenvalue weighted by atomic mass is 127. The van der Waals surface area contributed by atoms with Crippen LogP contribution in [0.25, 0.3) is 0 Å². The van der Waals surface area contributed by atoms with Gasteiger partial charge in [0.1, 0.15) is 11.4 Å². The van der Waals surface area contributed by atoms with E-state index in [4.69, 9.17) is 4.74 Å². The summed E-state index contributed by atoms with van der Waals surface area (Å²) in [5.74, 6) is -1.06. The summed E-state index contributed by atoms with van der Waals surface area (Å²) in [5, 5.41) is 2.87. The van der Waals surface area contributed by atoms with Crippen LogP contribution in [0.5, 0.6) is 0 Å². The highest BCUT2D eigenvalue weighted by molar-refractivity contribution is 14.1. The van der Waals surface area contributed by atoms with Crippen LogP contribution in [0.1, 0.15) is 33.6 Å². The Labute approximate surface area is 203 Å².